The van der Waals surface area contributed by atoms with Gasteiger partial charge in [-0.1, -0.05) is 63.9 Å². The number of benzene rings is 4. The van der Waals surface area contributed by atoms with Gasteiger partial charge in [-0.25, -0.2) is 4.98 Å². The minimum absolute atomic E-state index is 0.191. The van der Waals surface area contributed by atoms with E-state index >= 15 is 0 Å². The van der Waals surface area contributed by atoms with Gasteiger partial charge in [-0.15, -0.1) is 0 Å². The van der Waals surface area contributed by atoms with Crippen LogP contribution in [-0.2, 0) is 6.61 Å². The molecule has 0 saturated carbocycles. The second-order valence-corrected chi connectivity index (χ2v) is 14.3. The number of nitrogens with zero attached hydrogens (tertiary/aromatic N) is 3. The highest BCUT2D eigenvalue weighted by molar-refractivity contribution is 9.13. The Bertz CT molecular complexity index is 2040. The van der Waals surface area contributed by atoms with Crippen LogP contribution in [0.15, 0.2) is 88.5 Å². The van der Waals surface area contributed by atoms with Crippen LogP contribution in [0.25, 0.3) is 22.3 Å². The van der Waals surface area contributed by atoms with Crippen LogP contribution in [0.3, 0.4) is 0 Å². The summed E-state index contributed by atoms with van der Waals surface area (Å²) in [5.74, 6) is 2.53. The molecular formula is C36H33Br4N3O4. The molecule has 0 aliphatic carbocycles. The van der Waals surface area contributed by atoms with Crippen molar-refractivity contribution in [2.75, 3.05) is 13.2 Å². The number of para-hydroxylation sites is 1. The molecule has 7 nitrogen and oxygen atoms in total. The third-order valence-electron chi connectivity index (χ3n) is 7.43. The Morgan fingerprint density at radius 2 is 1.62 bits per heavy atom. The van der Waals surface area contributed by atoms with Crippen molar-refractivity contribution in [2.24, 2.45) is 5.10 Å². The lowest BCUT2D eigenvalue weighted by Gasteiger charge is -2.18. The quantitative estimate of drug-likeness (QED) is 0.124. The molecule has 0 aliphatic rings. The largest absolute Gasteiger partial charge is 0.494 e. The highest BCUT2D eigenvalue weighted by Crippen LogP contribution is 2.43. The molecule has 0 saturated heterocycles. The van der Waals surface area contributed by atoms with Gasteiger partial charge < -0.3 is 14.2 Å². The fraction of sp³-hybridized carbons (Fsp3) is 0.250. The Labute approximate surface area is 307 Å². The van der Waals surface area contributed by atoms with E-state index in [0.717, 1.165) is 36.9 Å². The lowest BCUT2D eigenvalue weighted by molar-refractivity contribution is 0.267. The third-order valence-corrected chi connectivity index (χ3v) is 10.8. The van der Waals surface area contributed by atoms with Crippen LogP contribution in [0.2, 0.25) is 0 Å². The maximum atomic E-state index is 14.0. The smallest absolute Gasteiger partial charge is 0.282 e. The van der Waals surface area contributed by atoms with E-state index in [1.165, 1.54) is 4.68 Å². The summed E-state index contributed by atoms with van der Waals surface area (Å²) in [5.41, 5.74) is 4.73. The monoisotopic (exact) mass is 887 g/mol. The number of hydrogen-bond acceptors (Lipinski definition) is 6. The first kappa shape index (κ1) is 35.3. The standard InChI is InChI=1S/C36H33Br4N3O4/c1-6-45-30-14-21(5)27(17-26(30)20(3)4)35-42-29-11-9-8-10-25(29)36(44)43(35)41-18-23-15-31(46-7-2)34(33(40)32(23)39)47-19-22-12-13-24(37)16-28(22)38/h8-18,20H,6-7,19H2,1-5H3. The lowest BCUT2D eigenvalue weighted by atomic mass is 9.96. The first-order chi connectivity index (χ1) is 22.5. The zero-order chi connectivity index (χ0) is 33.8. The van der Waals surface area contributed by atoms with Crippen molar-refractivity contribution < 1.29 is 14.2 Å². The number of aryl methyl sites for hydroxylation is 1. The molecule has 47 heavy (non-hydrogen) atoms. The Hall–Kier alpha value is -2.99. The predicted octanol–water partition coefficient (Wildman–Crippen LogP) is 10.8. The molecular weight excluding hydrogens is 858 g/mol. The zero-order valence-electron chi connectivity index (χ0n) is 26.5. The van der Waals surface area contributed by atoms with Gasteiger partial charge >= 0.3 is 0 Å². The minimum atomic E-state index is -0.276. The first-order valence-electron chi connectivity index (χ1n) is 15.1. The van der Waals surface area contributed by atoms with Crippen LogP contribution in [-0.4, -0.2) is 29.1 Å². The van der Waals surface area contributed by atoms with Crippen molar-refractivity contribution in [1.29, 1.82) is 0 Å². The van der Waals surface area contributed by atoms with Crippen molar-refractivity contribution in [3.05, 3.63) is 111 Å². The molecule has 0 radical (unpaired) electrons. The third kappa shape index (κ3) is 7.69. The number of hydrogen-bond donors (Lipinski definition) is 0. The molecule has 0 amide bonds. The van der Waals surface area contributed by atoms with Crippen molar-refractivity contribution in [3.63, 3.8) is 0 Å². The van der Waals surface area contributed by atoms with Gasteiger partial charge in [-0.05, 0) is 112 Å². The van der Waals surface area contributed by atoms with Crippen LogP contribution >= 0.6 is 63.7 Å². The number of rotatable bonds is 11. The van der Waals surface area contributed by atoms with E-state index in [0.29, 0.717) is 62.6 Å². The summed E-state index contributed by atoms with van der Waals surface area (Å²) in [6.45, 7) is 11.4. The van der Waals surface area contributed by atoms with Gasteiger partial charge in [0.1, 0.15) is 12.4 Å². The van der Waals surface area contributed by atoms with Gasteiger partial charge in [-0.3, -0.25) is 4.79 Å². The fourth-order valence-corrected chi connectivity index (χ4v) is 7.18. The molecule has 1 heterocycles. The van der Waals surface area contributed by atoms with E-state index in [4.69, 9.17) is 24.3 Å². The van der Waals surface area contributed by atoms with E-state index < -0.39 is 0 Å². The Balaban J connectivity index is 1.63. The Morgan fingerprint density at radius 3 is 2.32 bits per heavy atom. The lowest BCUT2D eigenvalue weighted by Crippen LogP contribution is -2.21. The second-order valence-electron chi connectivity index (χ2n) is 11.0. The minimum Gasteiger partial charge on any atom is -0.494 e. The fourth-order valence-electron chi connectivity index (χ4n) is 5.08. The first-order valence-corrected chi connectivity index (χ1v) is 18.3. The van der Waals surface area contributed by atoms with Crippen LogP contribution < -0.4 is 19.8 Å². The van der Waals surface area contributed by atoms with E-state index in [9.17, 15) is 4.79 Å². The zero-order valence-corrected chi connectivity index (χ0v) is 32.9. The van der Waals surface area contributed by atoms with Crippen LogP contribution in [0.5, 0.6) is 17.2 Å². The predicted molar refractivity (Wildman–Crippen MR) is 204 cm³/mol. The van der Waals surface area contributed by atoms with E-state index in [1.807, 2.05) is 69.3 Å². The van der Waals surface area contributed by atoms with Crippen LogP contribution in [0, 0.1) is 6.92 Å². The average Bonchev–Trinajstić information content (AvgIpc) is 3.03. The van der Waals surface area contributed by atoms with Gasteiger partial charge in [0.2, 0.25) is 0 Å². The molecule has 0 spiro atoms. The number of aromatic nitrogens is 2. The second kappa shape index (κ2) is 15.5. The summed E-state index contributed by atoms with van der Waals surface area (Å²) in [4.78, 5) is 19.0. The maximum Gasteiger partial charge on any atom is 0.282 e. The summed E-state index contributed by atoms with van der Waals surface area (Å²) in [6, 6.07) is 19.1. The average molecular weight is 891 g/mol. The molecule has 1 aromatic heterocycles. The van der Waals surface area contributed by atoms with E-state index in [2.05, 4.69) is 83.6 Å². The van der Waals surface area contributed by atoms with Crippen molar-refractivity contribution >= 4 is 80.8 Å². The number of ether oxygens (including phenoxy) is 3. The van der Waals surface area contributed by atoms with Gasteiger partial charge in [0, 0.05) is 30.1 Å². The van der Waals surface area contributed by atoms with Crippen molar-refractivity contribution in [2.45, 2.75) is 47.1 Å². The van der Waals surface area contributed by atoms with E-state index in [1.54, 1.807) is 12.3 Å². The SMILES string of the molecule is CCOc1cc(C)c(-c2nc3ccccc3c(=O)n2N=Cc2cc(OCC)c(OCc3ccc(Br)cc3Br)c(Br)c2Br)cc1C(C)C. The molecule has 0 atom stereocenters. The van der Waals surface area contributed by atoms with Gasteiger partial charge in [0.25, 0.3) is 5.56 Å². The Kier molecular flexibility index (Phi) is 11.6. The summed E-state index contributed by atoms with van der Waals surface area (Å²) in [7, 11) is 0. The topological polar surface area (TPSA) is 74.9 Å². The molecule has 4 aromatic carbocycles. The maximum absolute atomic E-state index is 14.0. The van der Waals surface area contributed by atoms with Crippen LogP contribution in [0.4, 0.5) is 0 Å². The van der Waals surface area contributed by atoms with Gasteiger partial charge in [0.05, 0.1) is 34.8 Å². The van der Waals surface area contributed by atoms with Crippen molar-refractivity contribution in [1.82, 2.24) is 9.66 Å². The summed E-state index contributed by atoms with van der Waals surface area (Å²) >= 11 is 14.5. The summed E-state index contributed by atoms with van der Waals surface area (Å²) < 4.78 is 22.9. The highest BCUT2D eigenvalue weighted by atomic mass is 79.9. The summed E-state index contributed by atoms with van der Waals surface area (Å²) in [6.07, 6.45) is 1.63. The Morgan fingerprint density at radius 1 is 0.894 bits per heavy atom. The molecule has 0 N–H and O–H groups in total. The van der Waals surface area contributed by atoms with E-state index in [-0.39, 0.29) is 11.5 Å². The molecule has 0 aliphatic heterocycles. The molecule has 0 fully saturated rings. The number of halogens is 4. The molecule has 5 rings (SSSR count). The van der Waals surface area contributed by atoms with Gasteiger partial charge in [-0.2, -0.15) is 9.78 Å². The molecule has 5 aromatic rings. The molecule has 0 bridgehead atoms. The number of fused-ring (bicyclic) bond motifs is 1. The molecule has 0 unspecified atom stereocenters. The highest BCUT2D eigenvalue weighted by Gasteiger charge is 2.20. The van der Waals surface area contributed by atoms with Gasteiger partial charge in [0.15, 0.2) is 17.3 Å². The van der Waals surface area contributed by atoms with Crippen molar-refractivity contribution in [3.8, 4) is 28.6 Å². The molecule has 244 valence electrons. The normalized spacial score (nSPS) is 11.5. The summed E-state index contributed by atoms with van der Waals surface area (Å²) in [5, 5.41) is 5.22. The van der Waals surface area contributed by atoms with Crippen LogP contribution in [0.1, 0.15) is 55.9 Å². The molecule has 11 heteroatoms.